The van der Waals surface area contributed by atoms with Crippen LogP contribution < -0.4 is 4.74 Å². The minimum Gasteiger partial charge on any atom is -0.497 e. The van der Waals surface area contributed by atoms with Crippen molar-refractivity contribution in [3.8, 4) is 5.75 Å². The molecule has 1 unspecified atom stereocenters. The third-order valence-electron chi connectivity index (χ3n) is 4.28. The maximum atomic E-state index is 7.00. The molecule has 1 aromatic rings. The molecule has 0 radical (unpaired) electrons. The lowest BCUT2D eigenvalue weighted by atomic mass is 9.96. The number of hydrogen-bond donors (Lipinski definition) is 1. The number of benzene rings is 1. The second kappa shape index (κ2) is 16.9. The van der Waals surface area contributed by atoms with Crippen molar-refractivity contribution >= 4 is 5.57 Å². The zero-order valence-corrected chi connectivity index (χ0v) is 19.2. The number of nitrogens with zero attached hydrogens (tertiary/aromatic N) is 1. The molecule has 0 aromatic heterocycles. The first-order valence-electron chi connectivity index (χ1n) is 9.96. The Balaban J connectivity index is 0. The van der Waals surface area contributed by atoms with Crippen molar-refractivity contribution in [3.63, 3.8) is 0 Å². The molecule has 1 heterocycles. The van der Waals surface area contributed by atoms with Gasteiger partial charge in [0.15, 0.2) is 0 Å². The van der Waals surface area contributed by atoms with Crippen molar-refractivity contribution in [2.24, 2.45) is 0 Å². The molecule has 0 fully saturated rings. The molecule has 1 N–H and O–H groups in total. The molecule has 0 spiro atoms. The van der Waals surface area contributed by atoms with Crippen LogP contribution in [0.15, 0.2) is 66.9 Å². The molecule has 1 aliphatic rings. The largest absolute Gasteiger partial charge is 0.497 e. The molecule has 0 saturated heterocycles. The van der Waals surface area contributed by atoms with Gasteiger partial charge >= 0.3 is 0 Å². The second-order valence-corrected chi connectivity index (χ2v) is 6.02. The number of rotatable bonds is 5. The number of hydrogen-bond acceptors (Lipinski definition) is 3. The molecule has 1 aromatic carbocycles. The van der Waals surface area contributed by atoms with Gasteiger partial charge in [-0.15, -0.1) is 0 Å². The first-order valence-corrected chi connectivity index (χ1v) is 9.96. The average molecular weight is 388 g/mol. The highest BCUT2D eigenvalue weighted by atomic mass is 16.5. The summed E-state index contributed by atoms with van der Waals surface area (Å²) < 4.78 is 5.05. The van der Waals surface area contributed by atoms with Crippen LogP contribution in [0.3, 0.4) is 0 Å². The molecule has 2 rings (SSSR count). The minimum absolute atomic E-state index is 0.417. The van der Waals surface area contributed by atoms with Crippen molar-refractivity contribution < 1.29 is 9.84 Å². The Labute approximate surface area is 173 Å². The SMILES string of the molecule is C=C(CC)C1C(C)=CC=CN1C.C=C(CC)c1ccc(OC)cc1.CC.CO. The smallest absolute Gasteiger partial charge is 0.118 e. The predicted molar refractivity (Wildman–Crippen MR) is 126 cm³/mol. The Hall–Kier alpha value is -2.26. The van der Waals surface area contributed by atoms with Gasteiger partial charge in [0.2, 0.25) is 0 Å². The van der Waals surface area contributed by atoms with Gasteiger partial charge in [0.1, 0.15) is 5.75 Å². The average Bonchev–Trinajstić information content (AvgIpc) is 2.76. The van der Waals surface area contributed by atoms with Crippen LogP contribution in [0.4, 0.5) is 0 Å². The summed E-state index contributed by atoms with van der Waals surface area (Å²) in [5, 5.41) is 7.00. The Morgan fingerprint density at radius 2 is 1.61 bits per heavy atom. The number of aliphatic hydroxyl groups is 1. The quantitative estimate of drug-likeness (QED) is 0.587. The highest BCUT2D eigenvalue weighted by Crippen LogP contribution is 2.22. The lowest BCUT2D eigenvalue weighted by Gasteiger charge is -2.31. The van der Waals surface area contributed by atoms with E-state index in [1.54, 1.807) is 7.11 Å². The molecule has 0 amide bonds. The van der Waals surface area contributed by atoms with E-state index in [9.17, 15) is 0 Å². The van der Waals surface area contributed by atoms with Crippen molar-refractivity contribution in [2.75, 3.05) is 21.3 Å². The molecular formula is C25H41NO2. The molecule has 3 heteroatoms. The fourth-order valence-corrected chi connectivity index (χ4v) is 2.66. The summed E-state index contributed by atoms with van der Waals surface area (Å²) in [6.45, 7) is 18.5. The maximum absolute atomic E-state index is 7.00. The second-order valence-electron chi connectivity index (χ2n) is 6.02. The number of ether oxygens (including phenoxy) is 1. The van der Waals surface area contributed by atoms with Gasteiger partial charge < -0.3 is 14.7 Å². The predicted octanol–water partition coefficient (Wildman–Crippen LogP) is 6.48. The lowest BCUT2D eigenvalue weighted by molar-refractivity contribution is 0.398. The van der Waals surface area contributed by atoms with Gasteiger partial charge in [-0.05, 0) is 60.9 Å². The summed E-state index contributed by atoms with van der Waals surface area (Å²) >= 11 is 0. The van der Waals surface area contributed by atoms with Crippen molar-refractivity contribution in [2.45, 2.75) is 53.5 Å². The number of aliphatic hydroxyl groups excluding tert-OH is 1. The van der Waals surface area contributed by atoms with Crippen LogP contribution in [0.1, 0.15) is 53.0 Å². The topological polar surface area (TPSA) is 32.7 Å². The van der Waals surface area contributed by atoms with Crippen LogP contribution in [0.5, 0.6) is 5.75 Å². The Morgan fingerprint density at radius 3 is 2.00 bits per heavy atom. The molecule has 0 saturated carbocycles. The van der Waals surface area contributed by atoms with Crippen molar-refractivity contribution in [1.82, 2.24) is 4.90 Å². The van der Waals surface area contributed by atoms with E-state index >= 15 is 0 Å². The van der Waals surface area contributed by atoms with Crippen LogP contribution in [0, 0.1) is 0 Å². The van der Waals surface area contributed by atoms with E-state index in [1.807, 2.05) is 38.1 Å². The summed E-state index contributed by atoms with van der Waals surface area (Å²) in [7, 11) is 4.77. The van der Waals surface area contributed by atoms with Gasteiger partial charge in [-0.3, -0.25) is 0 Å². The molecule has 1 aliphatic heterocycles. The molecule has 1 atom stereocenters. The van der Waals surface area contributed by atoms with Gasteiger partial charge in [-0.25, -0.2) is 0 Å². The fraction of sp³-hybridized carbons (Fsp3) is 0.440. The van der Waals surface area contributed by atoms with E-state index in [1.165, 1.54) is 16.7 Å². The first kappa shape index (κ1) is 28.0. The molecule has 28 heavy (non-hydrogen) atoms. The molecule has 158 valence electrons. The van der Waals surface area contributed by atoms with Crippen LogP contribution >= 0.6 is 0 Å². The van der Waals surface area contributed by atoms with E-state index < -0.39 is 0 Å². The summed E-state index contributed by atoms with van der Waals surface area (Å²) in [6.07, 6.45) is 8.37. The normalized spacial score (nSPS) is 14.1. The van der Waals surface area contributed by atoms with Gasteiger partial charge in [0, 0.05) is 14.2 Å². The Bertz CT molecular complexity index is 612. The zero-order chi connectivity index (χ0) is 22.1. The molecule has 0 aliphatic carbocycles. The highest BCUT2D eigenvalue weighted by molar-refractivity contribution is 5.63. The summed E-state index contributed by atoms with van der Waals surface area (Å²) in [5.41, 5.74) is 5.03. The molecule has 0 bridgehead atoms. The van der Waals surface area contributed by atoms with E-state index in [-0.39, 0.29) is 0 Å². The van der Waals surface area contributed by atoms with Crippen molar-refractivity contribution in [3.05, 3.63) is 72.5 Å². The van der Waals surface area contributed by atoms with E-state index in [4.69, 9.17) is 9.84 Å². The number of allylic oxidation sites excluding steroid dienone is 3. The number of likely N-dealkylation sites (N-methyl/N-ethyl adjacent to an activating group) is 1. The molecular weight excluding hydrogens is 346 g/mol. The first-order chi connectivity index (χ1) is 13.4. The van der Waals surface area contributed by atoms with Gasteiger partial charge in [-0.2, -0.15) is 0 Å². The summed E-state index contributed by atoms with van der Waals surface area (Å²) in [5.74, 6) is 0.891. The van der Waals surface area contributed by atoms with Crippen LogP contribution in [-0.2, 0) is 0 Å². The lowest BCUT2D eigenvalue weighted by Crippen LogP contribution is -2.31. The third-order valence-corrected chi connectivity index (χ3v) is 4.28. The highest BCUT2D eigenvalue weighted by Gasteiger charge is 2.17. The van der Waals surface area contributed by atoms with Gasteiger partial charge in [-0.1, -0.05) is 64.6 Å². The monoisotopic (exact) mass is 387 g/mol. The van der Waals surface area contributed by atoms with E-state index in [0.717, 1.165) is 31.3 Å². The summed E-state index contributed by atoms with van der Waals surface area (Å²) in [6, 6.07) is 8.39. The minimum atomic E-state index is 0.417. The third kappa shape index (κ3) is 9.61. The Morgan fingerprint density at radius 1 is 1.07 bits per heavy atom. The zero-order valence-electron chi connectivity index (χ0n) is 19.2. The van der Waals surface area contributed by atoms with Crippen LogP contribution in [0.2, 0.25) is 0 Å². The van der Waals surface area contributed by atoms with Crippen LogP contribution in [0.25, 0.3) is 5.57 Å². The molecule has 3 nitrogen and oxygen atoms in total. The van der Waals surface area contributed by atoms with Crippen LogP contribution in [-0.4, -0.2) is 37.3 Å². The van der Waals surface area contributed by atoms with E-state index in [2.05, 4.69) is 64.2 Å². The van der Waals surface area contributed by atoms with Gasteiger partial charge in [0.05, 0.1) is 13.2 Å². The standard InChI is InChI=1S/C11H17N.C11H14O.C2H6.CH4O/c1-5-9(2)11-10(3)7-6-8-12(11)4;1-4-9(2)10-5-7-11(12-3)8-6-10;2*1-2/h6-8,11H,2,5H2,1,3-4H3;5-8H,2,4H2,1,3H3;1-2H3;2H,1H3. The van der Waals surface area contributed by atoms with Gasteiger partial charge in [0.25, 0.3) is 0 Å². The van der Waals surface area contributed by atoms with E-state index in [0.29, 0.717) is 6.04 Å². The number of methoxy groups -OCH3 is 1. The Kier molecular flexibility index (Phi) is 16.9. The summed E-state index contributed by atoms with van der Waals surface area (Å²) in [4.78, 5) is 2.21. The fourth-order valence-electron chi connectivity index (χ4n) is 2.66. The maximum Gasteiger partial charge on any atom is 0.118 e. The van der Waals surface area contributed by atoms with Crippen molar-refractivity contribution in [1.29, 1.82) is 0 Å².